The van der Waals surface area contributed by atoms with Gasteiger partial charge in [-0.2, -0.15) is 11.8 Å². The van der Waals surface area contributed by atoms with E-state index in [2.05, 4.69) is 5.32 Å². The Balaban J connectivity index is 0.00000192. The average molecular weight is 359 g/mol. The molecule has 23 heavy (non-hydrogen) atoms. The molecule has 1 N–H and O–H groups in total. The Morgan fingerprint density at radius 2 is 2.22 bits per heavy atom. The molecular weight excluding hydrogens is 335 g/mol. The van der Waals surface area contributed by atoms with Crippen LogP contribution in [0.25, 0.3) is 0 Å². The molecule has 3 nitrogen and oxygen atoms in total. The summed E-state index contributed by atoms with van der Waals surface area (Å²) >= 11 is 1.92. The summed E-state index contributed by atoms with van der Waals surface area (Å²) in [6, 6.07) is 7.41. The molecule has 128 valence electrons. The molecular formula is C17H24ClFN2OS. The first kappa shape index (κ1) is 18.6. The SMILES string of the molecule is Cl.O=C(CC1CSCCN1)N(CCc1cccc(F)c1)C1CC1. The molecule has 1 unspecified atom stereocenters. The third kappa shape index (κ3) is 5.66. The summed E-state index contributed by atoms with van der Waals surface area (Å²) in [4.78, 5) is 14.6. The van der Waals surface area contributed by atoms with Crippen LogP contribution in [0.1, 0.15) is 24.8 Å². The molecule has 2 aliphatic rings. The van der Waals surface area contributed by atoms with Crippen molar-refractivity contribution in [3.63, 3.8) is 0 Å². The van der Waals surface area contributed by atoms with Crippen molar-refractivity contribution in [2.24, 2.45) is 0 Å². The van der Waals surface area contributed by atoms with Crippen LogP contribution >= 0.6 is 24.2 Å². The van der Waals surface area contributed by atoms with Crippen molar-refractivity contribution in [3.8, 4) is 0 Å². The average Bonchev–Trinajstić information content (AvgIpc) is 3.33. The number of carbonyl (C=O) groups is 1. The van der Waals surface area contributed by atoms with Gasteiger partial charge < -0.3 is 10.2 Å². The van der Waals surface area contributed by atoms with Gasteiger partial charge >= 0.3 is 0 Å². The second kappa shape index (κ2) is 8.90. The highest BCUT2D eigenvalue weighted by Gasteiger charge is 2.33. The van der Waals surface area contributed by atoms with E-state index in [1.54, 1.807) is 12.1 Å². The summed E-state index contributed by atoms with van der Waals surface area (Å²) < 4.78 is 13.2. The highest BCUT2D eigenvalue weighted by Crippen LogP contribution is 2.28. The first-order valence-electron chi connectivity index (χ1n) is 8.07. The van der Waals surface area contributed by atoms with Crippen molar-refractivity contribution in [3.05, 3.63) is 35.6 Å². The smallest absolute Gasteiger partial charge is 0.224 e. The fourth-order valence-corrected chi connectivity index (χ4v) is 3.87. The zero-order valence-corrected chi connectivity index (χ0v) is 14.8. The Morgan fingerprint density at radius 3 is 2.87 bits per heavy atom. The Hall–Kier alpha value is -0.780. The van der Waals surface area contributed by atoms with Crippen molar-refractivity contribution in [1.82, 2.24) is 10.2 Å². The number of rotatable bonds is 6. The normalized spacial score (nSPS) is 20.7. The van der Waals surface area contributed by atoms with Crippen LogP contribution in [0.15, 0.2) is 24.3 Å². The van der Waals surface area contributed by atoms with Crippen molar-refractivity contribution in [1.29, 1.82) is 0 Å². The van der Waals surface area contributed by atoms with Gasteiger partial charge in [-0.1, -0.05) is 12.1 Å². The summed E-state index contributed by atoms with van der Waals surface area (Å²) in [5.74, 6) is 2.20. The lowest BCUT2D eigenvalue weighted by molar-refractivity contribution is -0.132. The number of hydrogen-bond donors (Lipinski definition) is 1. The van der Waals surface area contributed by atoms with Crippen LogP contribution < -0.4 is 5.32 Å². The van der Waals surface area contributed by atoms with Crippen LogP contribution in [-0.4, -0.2) is 47.5 Å². The molecule has 0 bridgehead atoms. The van der Waals surface area contributed by atoms with E-state index < -0.39 is 0 Å². The summed E-state index contributed by atoms with van der Waals surface area (Å²) in [6.07, 6.45) is 3.54. The lowest BCUT2D eigenvalue weighted by Gasteiger charge is -2.27. The third-order valence-electron chi connectivity index (χ3n) is 4.26. The second-order valence-corrected chi connectivity index (χ2v) is 7.28. The van der Waals surface area contributed by atoms with Gasteiger partial charge in [-0.05, 0) is 37.0 Å². The molecule has 2 fully saturated rings. The molecule has 1 aliphatic heterocycles. The number of hydrogen-bond acceptors (Lipinski definition) is 3. The van der Waals surface area contributed by atoms with E-state index in [0.717, 1.165) is 42.9 Å². The minimum absolute atomic E-state index is 0. The highest BCUT2D eigenvalue weighted by molar-refractivity contribution is 7.99. The van der Waals surface area contributed by atoms with Crippen molar-refractivity contribution in [2.75, 3.05) is 24.6 Å². The van der Waals surface area contributed by atoms with E-state index in [1.165, 1.54) is 6.07 Å². The predicted octanol–water partition coefficient (Wildman–Crippen LogP) is 2.88. The lowest BCUT2D eigenvalue weighted by Crippen LogP contribution is -2.43. The summed E-state index contributed by atoms with van der Waals surface area (Å²) in [7, 11) is 0. The van der Waals surface area contributed by atoms with Crippen molar-refractivity contribution >= 4 is 30.1 Å². The maximum atomic E-state index is 13.2. The summed E-state index contributed by atoms with van der Waals surface area (Å²) in [5, 5.41) is 3.43. The summed E-state index contributed by atoms with van der Waals surface area (Å²) in [5.41, 5.74) is 0.963. The number of nitrogens with one attached hydrogen (secondary N) is 1. The molecule has 0 spiro atoms. The molecule has 1 heterocycles. The van der Waals surface area contributed by atoms with Gasteiger partial charge in [-0.25, -0.2) is 4.39 Å². The molecule has 6 heteroatoms. The summed E-state index contributed by atoms with van der Waals surface area (Å²) in [6.45, 7) is 1.70. The maximum Gasteiger partial charge on any atom is 0.224 e. The standard InChI is InChI=1S/C17H23FN2OS.ClH/c18-14-3-1-2-13(10-14)6-8-20(16-4-5-16)17(21)11-15-12-22-9-7-19-15;/h1-3,10,15-16,19H,4-9,11-12H2;1H. The van der Waals surface area contributed by atoms with Crippen LogP contribution in [-0.2, 0) is 11.2 Å². The van der Waals surface area contributed by atoms with Crippen LogP contribution in [0, 0.1) is 5.82 Å². The van der Waals surface area contributed by atoms with Gasteiger partial charge in [0, 0.05) is 43.1 Å². The molecule has 0 aromatic heterocycles. The van der Waals surface area contributed by atoms with Crippen LogP contribution in [0.3, 0.4) is 0 Å². The number of thioether (sulfide) groups is 1. The van der Waals surface area contributed by atoms with Gasteiger partial charge in [0.1, 0.15) is 5.82 Å². The molecule has 1 aromatic carbocycles. The zero-order chi connectivity index (χ0) is 15.4. The molecule has 1 saturated carbocycles. The number of carbonyl (C=O) groups excluding carboxylic acids is 1. The fraction of sp³-hybridized carbons (Fsp3) is 0.588. The first-order chi connectivity index (χ1) is 10.7. The Morgan fingerprint density at radius 1 is 1.39 bits per heavy atom. The Kier molecular flexibility index (Phi) is 7.18. The fourth-order valence-electron chi connectivity index (χ4n) is 2.92. The van der Waals surface area contributed by atoms with E-state index >= 15 is 0 Å². The number of halogens is 2. The van der Waals surface area contributed by atoms with Gasteiger partial charge in [0.2, 0.25) is 5.91 Å². The highest BCUT2D eigenvalue weighted by atomic mass is 35.5. The largest absolute Gasteiger partial charge is 0.339 e. The van der Waals surface area contributed by atoms with E-state index in [-0.39, 0.29) is 24.1 Å². The Labute approximate surface area is 147 Å². The van der Waals surface area contributed by atoms with Crippen LogP contribution in [0.2, 0.25) is 0 Å². The van der Waals surface area contributed by atoms with Crippen LogP contribution in [0.4, 0.5) is 4.39 Å². The maximum absolute atomic E-state index is 13.2. The van der Waals surface area contributed by atoms with Crippen molar-refractivity contribution < 1.29 is 9.18 Å². The first-order valence-corrected chi connectivity index (χ1v) is 9.23. The molecule has 1 aliphatic carbocycles. The third-order valence-corrected chi connectivity index (χ3v) is 5.39. The van der Waals surface area contributed by atoms with Gasteiger partial charge in [-0.3, -0.25) is 4.79 Å². The zero-order valence-electron chi connectivity index (χ0n) is 13.2. The number of nitrogens with zero attached hydrogens (tertiary/aromatic N) is 1. The predicted molar refractivity (Wildman–Crippen MR) is 95.8 cm³/mol. The van der Waals surface area contributed by atoms with Gasteiger partial charge in [-0.15, -0.1) is 12.4 Å². The monoisotopic (exact) mass is 358 g/mol. The Bertz CT molecular complexity index is 521. The molecule has 1 amide bonds. The van der Waals surface area contributed by atoms with Gasteiger partial charge in [0.25, 0.3) is 0 Å². The lowest BCUT2D eigenvalue weighted by atomic mass is 10.1. The van der Waals surface area contributed by atoms with E-state index in [1.807, 2.05) is 22.7 Å². The molecule has 1 atom stereocenters. The molecule has 1 aromatic rings. The quantitative estimate of drug-likeness (QED) is 0.848. The number of benzene rings is 1. The minimum atomic E-state index is -0.203. The second-order valence-electron chi connectivity index (χ2n) is 6.13. The molecule has 0 radical (unpaired) electrons. The van der Waals surface area contributed by atoms with E-state index in [0.29, 0.717) is 25.0 Å². The minimum Gasteiger partial charge on any atom is -0.339 e. The molecule has 1 saturated heterocycles. The van der Waals surface area contributed by atoms with Gasteiger partial charge in [0.05, 0.1) is 0 Å². The molecule has 3 rings (SSSR count). The van der Waals surface area contributed by atoms with Crippen molar-refractivity contribution in [2.45, 2.75) is 37.8 Å². The van der Waals surface area contributed by atoms with Crippen LogP contribution in [0.5, 0.6) is 0 Å². The number of amides is 1. The van der Waals surface area contributed by atoms with E-state index in [9.17, 15) is 9.18 Å². The van der Waals surface area contributed by atoms with E-state index in [4.69, 9.17) is 0 Å². The van der Waals surface area contributed by atoms with Gasteiger partial charge in [0.15, 0.2) is 0 Å². The topological polar surface area (TPSA) is 32.3 Å².